The molecule has 2 aliphatic rings. The molecule has 2 aromatic heterocycles. The number of aromatic nitrogens is 4. The number of hydrogen-bond donors (Lipinski definition) is 1. The van der Waals surface area contributed by atoms with Gasteiger partial charge in [-0.1, -0.05) is 50.2 Å². The minimum Gasteiger partial charge on any atom is -0.353 e. The third-order valence-electron chi connectivity index (χ3n) is 7.51. The minimum absolute atomic E-state index is 0.0647. The van der Waals surface area contributed by atoms with Gasteiger partial charge in [-0.15, -0.1) is 10.2 Å². The van der Waals surface area contributed by atoms with Crippen molar-refractivity contribution in [2.24, 2.45) is 17.8 Å². The number of pyridine rings is 1. The summed E-state index contributed by atoms with van der Waals surface area (Å²) in [7, 11) is 0. The summed E-state index contributed by atoms with van der Waals surface area (Å²) in [6.45, 7) is 6.55. The van der Waals surface area contributed by atoms with Crippen LogP contribution in [-0.2, 0) is 4.79 Å². The molecule has 7 heteroatoms. The molecule has 2 bridgehead atoms. The maximum Gasteiger partial charge on any atom is 0.230 e. The topological polar surface area (TPSA) is 72.7 Å². The zero-order valence-electron chi connectivity index (χ0n) is 20.1. The first kappa shape index (κ1) is 23.1. The van der Waals surface area contributed by atoms with E-state index in [9.17, 15) is 4.79 Å². The summed E-state index contributed by atoms with van der Waals surface area (Å²) < 4.78 is 2.07. The van der Waals surface area contributed by atoms with E-state index in [1.807, 2.05) is 18.2 Å². The third kappa shape index (κ3) is 4.63. The van der Waals surface area contributed by atoms with Gasteiger partial charge in [0.25, 0.3) is 0 Å². The van der Waals surface area contributed by atoms with Crippen LogP contribution in [0.15, 0.2) is 53.9 Å². The lowest BCUT2D eigenvalue weighted by molar-refractivity contribution is -0.119. The van der Waals surface area contributed by atoms with Gasteiger partial charge in [-0.2, -0.15) is 0 Å². The quantitative estimate of drug-likeness (QED) is 0.437. The molecule has 2 heterocycles. The van der Waals surface area contributed by atoms with Gasteiger partial charge < -0.3 is 5.32 Å². The lowest BCUT2D eigenvalue weighted by Gasteiger charge is -2.28. The molecule has 2 fully saturated rings. The molecule has 6 nitrogen and oxygen atoms in total. The fraction of sp³-hybridized carbons (Fsp3) is 0.481. The lowest BCUT2D eigenvalue weighted by atomic mass is 9.84. The first-order chi connectivity index (χ1) is 16.5. The SMILES string of the molecule is CC(C)c1ccccc1-n1c(SCC(=O)NC(C)C2CC3CCC2C3)nnc1-c1cccnc1. The Morgan fingerprint density at radius 3 is 2.68 bits per heavy atom. The monoisotopic (exact) mass is 475 g/mol. The van der Waals surface area contributed by atoms with Gasteiger partial charge in [-0.25, -0.2) is 0 Å². The van der Waals surface area contributed by atoms with E-state index >= 15 is 0 Å². The Kier molecular flexibility index (Phi) is 6.73. The van der Waals surface area contributed by atoms with E-state index in [2.05, 4.69) is 64.0 Å². The fourth-order valence-corrected chi connectivity index (χ4v) is 6.64. The van der Waals surface area contributed by atoms with Crippen molar-refractivity contribution >= 4 is 17.7 Å². The first-order valence-corrected chi connectivity index (χ1v) is 13.4. The summed E-state index contributed by atoms with van der Waals surface area (Å²) in [5, 5.41) is 13.0. The number of thioether (sulfide) groups is 1. The van der Waals surface area contributed by atoms with Gasteiger partial charge in [0.2, 0.25) is 5.91 Å². The number of rotatable bonds is 8. The Bertz CT molecular complexity index is 1140. The van der Waals surface area contributed by atoms with E-state index in [4.69, 9.17) is 0 Å². The van der Waals surface area contributed by atoms with Crippen molar-refractivity contribution in [1.29, 1.82) is 0 Å². The molecule has 2 aliphatic carbocycles. The number of carbonyl (C=O) groups excluding carboxylic acids is 1. The highest BCUT2D eigenvalue weighted by molar-refractivity contribution is 7.99. The predicted octanol–water partition coefficient (Wildman–Crippen LogP) is 5.49. The van der Waals surface area contributed by atoms with Crippen LogP contribution in [0.5, 0.6) is 0 Å². The number of fused-ring (bicyclic) bond motifs is 2. The second kappa shape index (κ2) is 9.90. The van der Waals surface area contributed by atoms with E-state index in [1.54, 1.807) is 12.4 Å². The Labute approximate surface area is 206 Å². The van der Waals surface area contributed by atoms with Crippen molar-refractivity contribution in [1.82, 2.24) is 25.1 Å². The fourth-order valence-electron chi connectivity index (χ4n) is 5.88. The number of nitrogens with one attached hydrogen (secondary N) is 1. The average Bonchev–Trinajstić information content (AvgIpc) is 3.59. The largest absolute Gasteiger partial charge is 0.353 e. The summed E-state index contributed by atoms with van der Waals surface area (Å²) in [6.07, 6.45) is 8.90. The van der Waals surface area contributed by atoms with Crippen LogP contribution in [0.4, 0.5) is 0 Å². The van der Waals surface area contributed by atoms with Crippen LogP contribution >= 0.6 is 11.8 Å². The number of amides is 1. The summed E-state index contributed by atoms with van der Waals surface area (Å²) in [6, 6.07) is 12.5. The Balaban J connectivity index is 1.37. The molecule has 34 heavy (non-hydrogen) atoms. The maximum atomic E-state index is 12.9. The van der Waals surface area contributed by atoms with Crippen LogP contribution in [-0.4, -0.2) is 37.5 Å². The van der Waals surface area contributed by atoms with Crippen LogP contribution in [0.25, 0.3) is 17.1 Å². The number of para-hydroxylation sites is 1. The molecule has 1 N–H and O–H groups in total. The van der Waals surface area contributed by atoms with Gasteiger partial charge in [0.15, 0.2) is 11.0 Å². The molecule has 178 valence electrons. The Hall–Kier alpha value is -2.67. The molecule has 3 aromatic rings. The normalized spacial score (nSPS) is 22.3. The zero-order valence-corrected chi connectivity index (χ0v) is 21.0. The second-order valence-corrected chi connectivity index (χ2v) is 11.0. The molecule has 2 saturated carbocycles. The van der Waals surface area contributed by atoms with Crippen LogP contribution in [0.2, 0.25) is 0 Å². The number of benzene rings is 1. The van der Waals surface area contributed by atoms with E-state index < -0.39 is 0 Å². The van der Waals surface area contributed by atoms with Crippen molar-refractivity contribution in [2.75, 3.05) is 5.75 Å². The first-order valence-electron chi connectivity index (χ1n) is 12.4. The van der Waals surface area contributed by atoms with Crippen molar-refractivity contribution in [3.63, 3.8) is 0 Å². The van der Waals surface area contributed by atoms with Crippen LogP contribution in [0.3, 0.4) is 0 Å². The predicted molar refractivity (Wildman–Crippen MR) is 136 cm³/mol. The highest BCUT2D eigenvalue weighted by Crippen LogP contribution is 2.49. The molecule has 1 amide bonds. The summed E-state index contributed by atoms with van der Waals surface area (Å²) >= 11 is 1.44. The van der Waals surface area contributed by atoms with Crippen molar-refractivity contribution in [3.05, 3.63) is 54.4 Å². The van der Waals surface area contributed by atoms with Crippen LogP contribution < -0.4 is 5.32 Å². The molecule has 4 atom stereocenters. The van der Waals surface area contributed by atoms with E-state index in [0.29, 0.717) is 17.6 Å². The summed E-state index contributed by atoms with van der Waals surface area (Å²) in [4.78, 5) is 17.2. The minimum atomic E-state index is 0.0647. The number of hydrogen-bond acceptors (Lipinski definition) is 5. The molecule has 4 unspecified atom stereocenters. The molecule has 0 aliphatic heterocycles. The summed E-state index contributed by atoms with van der Waals surface area (Å²) in [5.74, 6) is 3.77. The molecule has 0 radical (unpaired) electrons. The molecule has 0 spiro atoms. The van der Waals surface area contributed by atoms with Gasteiger partial charge in [0.05, 0.1) is 11.4 Å². The molecular formula is C27H33N5OS. The molecule has 5 rings (SSSR count). The maximum absolute atomic E-state index is 12.9. The van der Waals surface area contributed by atoms with Crippen molar-refractivity contribution < 1.29 is 4.79 Å². The van der Waals surface area contributed by atoms with E-state index in [-0.39, 0.29) is 11.9 Å². The van der Waals surface area contributed by atoms with Gasteiger partial charge >= 0.3 is 0 Å². The van der Waals surface area contributed by atoms with E-state index in [0.717, 1.165) is 34.1 Å². The van der Waals surface area contributed by atoms with Crippen molar-refractivity contribution in [3.8, 4) is 17.1 Å². The summed E-state index contributed by atoms with van der Waals surface area (Å²) in [5.41, 5.74) is 3.15. The van der Waals surface area contributed by atoms with Gasteiger partial charge in [-0.3, -0.25) is 14.3 Å². The van der Waals surface area contributed by atoms with Crippen LogP contribution in [0.1, 0.15) is 57.9 Å². The van der Waals surface area contributed by atoms with Gasteiger partial charge in [0.1, 0.15) is 0 Å². The smallest absolute Gasteiger partial charge is 0.230 e. The second-order valence-electron chi connectivity index (χ2n) is 10.1. The molecule has 1 aromatic carbocycles. The van der Waals surface area contributed by atoms with Gasteiger partial charge in [-0.05, 0) is 73.6 Å². The average molecular weight is 476 g/mol. The highest BCUT2D eigenvalue weighted by atomic mass is 32.2. The van der Waals surface area contributed by atoms with Gasteiger partial charge in [0, 0.05) is 24.0 Å². The third-order valence-corrected chi connectivity index (χ3v) is 8.44. The van der Waals surface area contributed by atoms with Crippen molar-refractivity contribution in [2.45, 2.75) is 63.6 Å². The Morgan fingerprint density at radius 2 is 1.97 bits per heavy atom. The molecular weight excluding hydrogens is 442 g/mol. The molecule has 0 saturated heterocycles. The van der Waals surface area contributed by atoms with E-state index in [1.165, 1.54) is 43.0 Å². The zero-order chi connectivity index (χ0) is 23.7. The lowest BCUT2D eigenvalue weighted by Crippen LogP contribution is -2.40. The standard InChI is InChI=1S/C27H33N5OS/c1-17(2)22-8-4-5-9-24(22)32-26(21-7-6-12-28-15-21)30-31-27(32)34-16-25(33)29-18(3)23-14-19-10-11-20(23)13-19/h4-9,12,15,17-20,23H,10-11,13-14,16H2,1-3H3,(H,29,33). The Morgan fingerprint density at radius 1 is 1.12 bits per heavy atom. The number of nitrogens with zero attached hydrogens (tertiary/aromatic N) is 4. The highest BCUT2D eigenvalue weighted by Gasteiger charge is 2.42. The van der Waals surface area contributed by atoms with Crippen LogP contribution in [0, 0.1) is 17.8 Å². The number of carbonyl (C=O) groups is 1.